The van der Waals surface area contributed by atoms with Gasteiger partial charge in [0.15, 0.2) is 5.54 Å². The van der Waals surface area contributed by atoms with Crippen LogP contribution in [-0.2, 0) is 15.1 Å². The minimum atomic E-state index is -1.35. The number of benzene rings is 1. The lowest BCUT2D eigenvalue weighted by molar-refractivity contribution is -0.134. The molecule has 1 aromatic carbocycles. The fourth-order valence-electron chi connectivity index (χ4n) is 2.87. The topological polar surface area (TPSA) is 112 Å². The highest BCUT2D eigenvalue weighted by Crippen LogP contribution is 2.28. The summed E-state index contributed by atoms with van der Waals surface area (Å²) in [6, 6.07) is 8.84. The molecule has 0 aliphatic carbocycles. The summed E-state index contributed by atoms with van der Waals surface area (Å²) in [4.78, 5) is 51.3. The molecule has 0 bridgehead atoms. The van der Waals surface area contributed by atoms with E-state index in [2.05, 4.69) is 10.6 Å². The first kappa shape index (κ1) is 19.2. The van der Waals surface area contributed by atoms with Gasteiger partial charge in [-0.2, -0.15) is 0 Å². The number of carbonyl (C=O) groups is 4. The summed E-state index contributed by atoms with van der Waals surface area (Å²) in [6.45, 7) is 1.07. The monoisotopic (exact) mass is 384 g/mol. The molecule has 1 saturated heterocycles. The number of rotatable bonds is 5. The number of anilines is 1. The van der Waals surface area contributed by atoms with E-state index in [1.807, 2.05) is 0 Å². The van der Waals surface area contributed by atoms with E-state index in [1.165, 1.54) is 18.1 Å². The van der Waals surface area contributed by atoms with E-state index in [4.69, 9.17) is 4.42 Å². The van der Waals surface area contributed by atoms with E-state index in [0.29, 0.717) is 11.3 Å². The van der Waals surface area contributed by atoms with Crippen LogP contribution in [0.2, 0.25) is 0 Å². The lowest BCUT2D eigenvalue weighted by Gasteiger charge is -2.18. The molecule has 2 N–H and O–H groups in total. The van der Waals surface area contributed by atoms with Crippen molar-refractivity contribution >= 4 is 29.4 Å². The highest BCUT2D eigenvalue weighted by Gasteiger charge is 2.51. The molecule has 2 aromatic rings. The van der Waals surface area contributed by atoms with E-state index >= 15 is 0 Å². The molecule has 5 amide bonds. The van der Waals surface area contributed by atoms with Crippen LogP contribution in [-0.4, -0.2) is 54.2 Å². The molecule has 1 aliphatic heterocycles. The number of nitrogens with zero attached hydrogens (tertiary/aromatic N) is 2. The van der Waals surface area contributed by atoms with E-state index in [0.717, 1.165) is 4.90 Å². The largest absolute Gasteiger partial charge is 0.466 e. The highest BCUT2D eigenvalue weighted by molar-refractivity contribution is 6.10. The molecule has 1 aromatic heterocycles. The summed E-state index contributed by atoms with van der Waals surface area (Å²) in [5.41, 5.74) is -0.429. The Balaban J connectivity index is 1.66. The molecule has 146 valence electrons. The summed E-state index contributed by atoms with van der Waals surface area (Å²) in [5, 5.41) is 5.16. The molecule has 2 heterocycles. The van der Waals surface area contributed by atoms with Crippen LogP contribution in [0, 0.1) is 0 Å². The first-order valence-corrected chi connectivity index (χ1v) is 8.52. The number of carbonyl (C=O) groups excluding carboxylic acids is 4. The van der Waals surface area contributed by atoms with Crippen LogP contribution in [0.3, 0.4) is 0 Å². The van der Waals surface area contributed by atoms with Crippen molar-refractivity contribution in [2.24, 2.45) is 0 Å². The summed E-state index contributed by atoms with van der Waals surface area (Å²) in [6.07, 6.45) is 1.40. The van der Waals surface area contributed by atoms with E-state index in [9.17, 15) is 19.2 Å². The maximum atomic E-state index is 12.7. The molecule has 9 nitrogen and oxygen atoms in total. The Labute approximate surface area is 161 Å². The number of nitrogens with one attached hydrogen (secondary N) is 2. The second-order valence-electron chi connectivity index (χ2n) is 6.75. The minimum absolute atomic E-state index is 0.158. The Bertz CT molecular complexity index is 920. The summed E-state index contributed by atoms with van der Waals surface area (Å²) >= 11 is 0. The number of urea groups is 1. The van der Waals surface area contributed by atoms with Crippen molar-refractivity contribution in [3.8, 4) is 0 Å². The van der Waals surface area contributed by atoms with Crippen LogP contribution in [0.25, 0.3) is 0 Å². The second kappa shape index (κ2) is 7.18. The molecule has 28 heavy (non-hydrogen) atoms. The fraction of sp³-hybridized carbons (Fsp3) is 0.263. The zero-order chi connectivity index (χ0) is 20.5. The molecular formula is C19H20N4O5. The summed E-state index contributed by atoms with van der Waals surface area (Å²) < 4.78 is 5.24. The molecule has 3 rings (SSSR count). The molecule has 1 atom stereocenters. The van der Waals surface area contributed by atoms with Crippen molar-refractivity contribution < 1.29 is 23.6 Å². The SMILES string of the molecule is CN(C)C(=O)c1ccc(NC(=O)CN2C(=O)N[C@@](C)(c3ccco3)C2=O)cc1. The second-order valence-corrected chi connectivity index (χ2v) is 6.75. The number of furan rings is 1. The van der Waals surface area contributed by atoms with Gasteiger partial charge in [-0.15, -0.1) is 0 Å². The molecular weight excluding hydrogens is 364 g/mol. The quantitative estimate of drug-likeness (QED) is 0.757. The van der Waals surface area contributed by atoms with Crippen LogP contribution in [0.1, 0.15) is 23.0 Å². The van der Waals surface area contributed by atoms with Crippen LogP contribution < -0.4 is 10.6 Å². The van der Waals surface area contributed by atoms with Crippen LogP contribution in [0.4, 0.5) is 10.5 Å². The first-order valence-electron chi connectivity index (χ1n) is 8.52. The Kier molecular flexibility index (Phi) is 4.91. The van der Waals surface area contributed by atoms with Crippen molar-refractivity contribution in [1.29, 1.82) is 0 Å². The van der Waals surface area contributed by atoms with Gasteiger partial charge in [0, 0.05) is 25.3 Å². The van der Waals surface area contributed by atoms with Gasteiger partial charge in [-0.3, -0.25) is 19.3 Å². The fourth-order valence-corrected chi connectivity index (χ4v) is 2.87. The maximum Gasteiger partial charge on any atom is 0.325 e. The number of amides is 5. The van der Waals surface area contributed by atoms with Crippen molar-refractivity contribution in [1.82, 2.24) is 15.1 Å². The maximum absolute atomic E-state index is 12.7. The van der Waals surface area contributed by atoms with Gasteiger partial charge in [0.2, 0.25) is 5.91 Å². The Hall–Kier alpha value is -3.62. The lowest BCUT2D eigenvalue weighted by Crippen LogP contribution is -2.41. The van der Waals surface area contributed by atoms with Gasteiger partial charge in [-0.1, -0.05) is 0 Å². The van der Waals surface area contributed by atoms with Crippen molar-refractivity contribution in [3.05, 3.63) is 54.0 Å². The molecule has 1 aliphatic rings. The number of hydrogen-bond donors (Lipinski definition) is 2. The van der Waals surface area contributed by atoms with Gasteiger partial charge in [0.1, 0.15) is 12.3 Å². The predicted molar refractivity (Wildman–Crippen MR) is 99.4 cm³/mol. The van der Waals surface area contributed by atoms with Gasteiger partial charge < -0.3 is 20.0 Å². The van der Waals surface area contributed by atoms with Gasteiger partial charge in [0.05, 0.1) is 6.26 Å². The smallest absolute Gasteiger partial charge is 0.325 e. The third-order valence-corrected chi connectivity index (χ3v) is 4.41. The summed E-state index contributed by atoms with van der Waals surface area (Å²) in [5.74, 6) is -0.988. The standard InChI is InChI=1S/C19H20N4O5/c1-19(14-5-4-10-28-14)17(26)23(18(27)21-19)11-15(24)20-13-8-6-12(7-9-13)16(25)22(2)3/h4-10H,11H2,1-3H3,(H,20,24)(H,21,27)/t19-/m0/s1. The van der Waals surface area contributed by atoms with Gasteiger partial charge in [0.25, 0.3) is 11.8 Å². The van der Waals surface area contributed by atoms with Gasteiger partial charge in [-0.05, 0) is 43.3 Å². The number of imide groups is 1. The third kappa shape index (κ3) is 3.46. The average Bonchev–Trinajstić information content (AvgIpc) is 3.26. The molecule has 1 fully saturated rings. The molecule has 0 saturated carbocycles. The highest BCUT2D eigenvalue weighted by atomic mass is 16.3. The normalized spacial score (nSPS) is 18.8. The van der Waals surface area contributed by atoms with E-state index in [1.54, 1.807) is 50.5 Å². The predicted octanol–water partition coefficient (Wildman–Crippen LogP) is 1.39. The van der Waals surface area contributed by atoms with Crippen molar-refractivity contribution in [2.75, 3.05) is 26.0 Å². The Morgan fingerprint density at radius 1 is 1.18 bits per heavy atom. The van der Waals surface area contributed by atoms with Crippen LogP contribution >= 0.6 is 0 Å². The zero-order valence-corrected chi connectivity index (χ0v) is 15.7. The Morgan fingerprint density at radius 2 is 1.86 bits per heavy atom. The first-order chi connectivity index (χ1) is 13.2. The molecule has 0 unspecified atom stereocenters. The Morgan fingerprint density at radius 3 is 2.43 bits per heavy atom. The van der Waals surface area contributed by atoms with Crippen molar-refractivity contribution in [2.45, 2.75) is 12.5 Å². The zero-order valence-electron chi connectivity index (χ0n) is 15.7. The summed E-state index contributed by atoms with van der Waals surface area (Å²) in [7, 11) is 3.29. The lowest BCUT2D eigenvalue weighted by atomic mass is 9.99. The molecule has 0 radical (unpaired) electrons. The van der Waals surface area contributed by atoms with Crippen LogP contribution in [0.15, 0.2) is 47.1 Å². The van der Waals surface area contributed by atoms with Gasteiger partial charge in [-0.25, -0.2) is 4.79 Å². The average molecular weight is 384 g/mol. The third-order valence-electron chi connectivity index (χ3n) is 4.41. The molecule has 0 spiro atoms. The minimum Gasteiger partial charge on any atom is -0.466 e. The van der Waals surface area contributed by atoms with E-state index in [-0.39, 0.29) is 11.7 Å². The number of hydrogen-bond acceptors (Lipinski definition) is 5. The van der Waals surface area contributed by atoms with Crippen molar-refractivity contribution in [3.63, 3.8) is 0 Å². The molecule has 9 heteroatoms. The van der Waals surface area contributed by atoms with Gasteiger partial charge >= 0.3 is 6.03 Å². The van der Waals surface area contributed by atoms with E-state index < -0.39 is 29.9 Å². The van der Waals surface area contributed by atoms with Crippen LogP contribution in [0.5, 0.6) is 0 Å².